The zero-order chi connectivity index (χ0) is 14.9. The van der Waals surface area contributed by atoms with Gasteiger partial charge in [0.15, 0.2) is 0 Å². The maximum Gasteiger partial charge on any atom is 0.246 e. The average Bonchev–Trinajstić information content (AvgIpc) is 2.74. The molecule has 2 rings (SSSR count). The largest absolute Gasteiger partial charge is 0.398 e. The number of aromatic nitrogens is 1. The van der Waals surface area contributed by atoms with Crippen LogP contribution in [-0.4, -0.2) is 13.4 Å². The van der Waals surface area contributed by atoms with Gasteiger partial charge in [0.05, 0.1) is 11.7 Å². The number of nitrogens with one attached hydrogen (secondary N) is 1. The second kappa shape index (κ2) is 5.47. The Kier molecular flexibility index (Phi) is 4.07. The zero-order valence-electron chi connectivity index (χ0n) is 10.9. The van der Waals surface area contributed by atoms with Crippen molar-refractivity contribution < 1.29 is 12.8 Å². The van der Waals surface area contributed by atoms with Crippen LogP contribution in [0.4, 0.5) is 10.1 Å². The van der Waals surface area contributed by atoms with Crippen molar-refractivity contribution in [1.82, 2.24) is 9.71 Å². The number of aryl methyl sites for hydroxylation is 1. The van der Waals surface area contributed by atoms with Crippen molar-refractivity contribution in [2.75, 3.05) is 5.73 Å². The van der Waals surface area contributed by atoms with E-state index in [-0.39, 0.29) is 5.69 Å². The van der Waals surface area contributed by atoms with E-state index in [1.807, 2.05) is 12.3 Å². The molecule has 0 aliphatic heterocycles. The van der Waals surface area contributed by atoms with Crippen molar-refractivity contribution in [2.24, 2.45) is 0 Å². The van der Waals surface area contributed by atoms with Crippen LogP contribution < -0.4 is 10.5 Å². The Bertz CT molecular complexity index is 708. The molecule has 1 aromatic carbocycles. The summed E-state index contributed by atoms with van der Waals surface area (Å²) < 4.78 is 40.5. The molecular weight excluding hydrogens is 301 g/mol. The molecule has 3 N–H and O–H groups in total. The highest BCUT2D eigenvalue weighted by Gasteiger charge is 2.25. The molecule has 0 amide bonds. The van der Waals surface area contributed by atoms with E-state index in [4.69, 9.17) is 5.73 Å². The molecule has 1 unspecified atom stereocenters. The molecule has 0 fully saturated rings. The van der Waals surface area contributed by atoms with E-state index in [2.05, 4.69) is 9.71 Å². The second-order valence-electron chi connectivity index (χ2n) is 4.33. The van der Waals surface area contributed by atoms with Gasteiger partial charge in [-0.3, -0.25) is 0 Å². The predicted molar refractivity (Wildman–Crippen MR) is 76.4 cm³/mol. The van der Waals surface area contributed by atoms with E-state index >= 15 is 0 Å². The summed E-state index contributed by atoms with van der Waals surface area (Å²) in [5.74, 6) is -0.875. The third-order valence-electron chi connectivity index (χ3n) is 2.61. The van der Waals surface area contributed by atoms with Crippen LogP contribution in [0.25, 0.3) is 0 Å². The Balaban J connectivity index is 2.32. The third-order valence-corrected chi connectivity index (χ3v) is 5.38. The molecular formula is C12H14FN3O2S2. The van der Waals surface area contributed by atoms with Crippen LogP contribution in [-0.2, 0) is 10.0 Å². The van der Waals surface area contributed by atoms with Crippen LogP contribution in [0.3, 0.4) is 0 Å². The van der Waals surface area contributed by atoms with E-state index in [0.29, 0.717) is 5.01 Å². The number of hydrogen-bond donors (Lipinski definition) is 2. The normalized spacial score (nSPS) is 13.3. The number of nitrogen functional groups attached to an aromatic ring is 1. The number of anilines is 1. The van der Waals surface area contributed by atoms with Gasteiger partial charge in [0.25, 0.3) is 0 Å². The fourth-order valence-electron chi connectivity index (χ4n) is 1.72. The molecule has 0 bridgehead atoms. The van der Waals surface area contributed by atoms with Crippen molar-refractivity contribution in [3.8, 4) is 0 Å². The topological polar surface area (TPSA) is 85.1 Å². The summed E-state index contributed by atoms with van der Waals surface area (Å²) in [5.41, 5.74) is 6.24. The third kappa shape index (κ3) is 2.97. The minimum absolute atomic E-state index is 0.125. The molecule has 8 heteroatoms. The maximum absolute atomic E-state index is 13.7. The first-order chi connectivity index (χ1) is 9.31. The number of rotatable bonds is 4. The molecule has 20 heavy (non-hydrogen) atoms. The maximum atomic E-state index is 13.7. The zero-order valence-corrected chi connectivity index (χ0v) is 12.6. The molecule has 1 atom stereocenters. The van der Waals surface area contributed by atoms with Crippen molar-refractivity contribution in [1.29, 1.82) is 0 Å². The molecule has 1 heterocycles. The Labute approximate surface area is 120 Å². The van der Waals surface area contributed by atoms with Gasteiger partial charge in [0, 0.05) is 11.1 Å². The highest BCUT2D eigenvalue weighted by atomic mass is 32.2. The highest BCUT2D eigenvalue weighted by molar-refractivity contribution is 7.89. The quantitative estimate of drug-likeness (QED) is 0.847. The van der Waals surface area contributed by atoms with Crippen molar-refractivity contribution in [2.45, 2.75) is 24.8 Å². The number of thiazole rings is 1. The standard InChI is InChI=1S/C12H14FN3O2S2/c1-7-6-19-12(15-7)8(2)16-20(17,18)11-9(13)4-3-5-10(11)14/h3-6,8,16H,14H2,1-2H3. The number of nitrogens with two attached hydrogens (primary N) is 1. The number of sulfonamides is 1. The first kappa shape index (κ1) is 14.9. The van der Waals surface area contributed by atoms with Gasteiger partial charge in [-0.15, -0.1) is 11.3 Å². The van der Waals surface area contributed by atoms with Crippen molar-refractivity contribution in [3.05, 3.63) is 40.1 Å². The fraction of sp³-hybridized carbons (Fsp3) is 0.250. The van der Waals surface area contributed by atoms with Gasteiger partial charge < -0.3 is 5.73 Å². The number of nitrogens with zero attached hydrogens (tertiary/aromatic N) is 1. The SMILES string of the molecule is Cc1csc(C(C)NS(=O)(=O)c2c(N)cccc2F)n1. The van der Waals surface area contributed by atoms with E-state index < -0.39 is 26.8 Å². The monoisotopic (exact) mass is 315 g/mol. The Hall–Kier alpha value is -1.51. The second-order valence-corrected chi connectivity index (χ2v) is 6.87. The average molecular weight is 315 g/mol. The van der Waals surface area contributed by atoms with E-state index in [1.54, 1.807) is 6.92 Å². The van der Waals surface area contributed by atoms with Gasteiger partial charge in [0.1, 0.15) is 15.7 Å². The highest BCUT2D eigenvalue weighted by Crippen LogP contribution is 2.25. The molecule has 2 aromatic rings. The lowest BCUT2D eigenvalue weighted by Gasteiger charge is -2.13. The summed E-state index contributed by atoms with van der Waals surface area (Å²) in [5, 5.41) is 2.43. The number of halogens is 1. The molecule has 5 nitrogen and oxygen atoms in total. The van der Waals surface area contributed by atoms with Gasteiger partial charge >= 0.3 is 0 Å². The van der Waals surface area contributed by atoms with Crippen LogP contribution in [0.1, 0.15) is 23.7 Å². The molecule has 108 valence electrons. The van der Waals surface area contributed by atoms with Gasteiger partial charge in [-0.25, -0.2) is 22.5 Å². The van der Waals surface area contributed by atoms with Gasteiger partial charge in [-0.05, 0) is 26.0 Å². The fourth-order valence-corrected chi connectivity index (χ4v) is 4.00. The molecule has 0 aliphatic carbocycles. The van der Waals surface area contributed by atoms with E-state index in [1.165, 1.54) is 23.5 Å². The molecule has 0 saturated heterocycles. The minimum atomic E-state index is -4.04. The molecule has 0 spiro atoms. The summed E-state index contributed by atoms with van der Waals surface area (Å²) >= 11 is 1.34. The van der Waals surface area contributed by atoms with Crippen LogP contribution >= 0.6 is 11.3 Å². The molecule has 1 aromatic heterocycles. The van der Waals surface area contributed by atoms with Crippen LogP contribution in [0, 0.1) is 12.7 Å². The Morgan fingerprint density at radius 1 is 1.45 bits per heavy atom. The lowest BCUT2D eigenvalue weighted by Crippen LogP contribution is -2.28. The first-order valence-electron chi connectivity index (χ1n) is 5.79. The predicted octanol–water partition coefficient (Wildman–Crippen LogP) is 2.21. The Morgan fingerprint density at radius 2 is 2.15 bits per heavy atom. The summed E-state index contributed by atoms with van der Waals surface area (Å²) in [6, 6.07) is 3.20. The van der Waals surface area contributed by atoms with E-state index in [0.717, 1.165) is 11.8 Å². The molecule has 0 aliphatic rings. The van der Waals surface area contributed by atoms with Crippen LogP contribution in [0.5, 0.6) is 0 Å². The number of benzene rings is 1. The minimum Gasteiger partial charge on any atom is -0.398 e. The Morgan fingerprint density at radius 3 is 2.70 bits per heavy atom. The van der Waals surface area contributed by atoms with Gasteiger partial charge in [0.2, 0.25) is 10.0 Å². The lowest BCUT2D eigenvalue weighted by molar-refractivity contribution is 0.547. The first-order valence-corrected chi connectivity index (χ1v) is 8.16. The van der Waals surface area contributed by atoms with Crippen LogP contribution in [0.15, 0.2) is 28.5 Å². The van der Waals surface area contributed by atoms with Crippen molar-refractivity contribution in [3.63, 3.8) is 0 Å². The number of hydrogen-bond acceptors (Lipinski definition) is 5. The van der Waals surface area contributed by atoms with E-state index in [9.17, 15) is 12.8 Å². The van der Waals surface area contributed by atoms with Gasteiger partial charge in [-0.2, -0.15) is 0 Å². The summed E-state index contributed by atoms with van der Waals surface area (Å²) in [6.45, 7) is 3.46. The summed E-state index contributed by atoms with van der Waals surface area (Å²) in [6.07, 6.45) is 0. The lowest BCUT2D eigenvalue weighted by atomic mass is 10.3. The van der Waals surface area contributed by atoms with Crippen molar-refractivity contribution >= 4 is 27.0 Å². The summed E-state index contributed by atoms with van der Waals surface area (Å²) in [4.78, 5) is 3.67. The van der Waals surface area contributed by atoms with Crippen LogP contribution in [0.2, 0.25) is 0 Å². The van der Waals surface area contributed by atoms with Gasteiger partial charge in [-0.1, -0.05) is 6.07 Å². The smallest absolute Gasteiger partial charge is 0.246 e. The molecule has 0 saturated carbocycles. The molecule has 0 radical (unpaired) electrons. The summed E-state index contributed by atoms with van der Waals surface area (Å²) in [7, 11) is -4.04.